The molecule has 0 aliphatic rings. The van der Waals surface area contributed by atoms with Gasteiger partial charge < -0.3 is 20.3 Å². The summed E-state index contributed by atoms with van der Waals surface area (Å²) in [5.41, 5.74) is 6.24. The fourth-order valence-corrected chi connectivity index (χ4v) is 4.11. The Morgan fingerprint density at radius 3 is 2.26 bits per heavy atom. The van der Waals surface area contributed by atoms with Crippen LogP contribution in [0.15, 0.2) is 91.0 Å². The zero-order valence-corrected chi connectivity index (χ0v) is 19.7. The number of fused-ring (bicyclic) bond motifs is 3. The number of aromatic nitrogens is 1. The Morgan fingerprint density at radius 1 is 0.794 bits per heavy atom. The third kappa shape index (κ3) is 4.46. The number of hydrogen-bond acceptors (Lipinski definition) is 5. The first-order valence-electron chi connectivity index (χ1n) is 11.3. The summed E-state index contributed by atoms with van der Waals surface area (Å²) in [7, 11) is 5.77. The Bertz CT molecular complexity index is 1430. The Morgan fingerprint density at radius 2 is 1.53 bits per heavy atom. The lowest BCUT2D eigenvalue weighted by atomic mass is 10.0. The average molecular weight is 449 g/mol. The second-order valence-electron chi connectivity index (χ2n) is 8.49. The van der Waals surface area contributed by atoms with E-state index in [0.29, 0.717) is 6.54 Å². The van der Waals surface area contributed by atoms with Gasteiger partial charge >= 0.3 is 0 Å². The molecule has 1 heterocycles. The predicted molar refractivity (Wildman–Crippen MR) is 144 cm³/mol. The highest BCUT2D eigenvalue weighted by Crippen LogP contribution is 2.32. The molecular formula is C29H28N4O. The molecule has 0 saturated heterocycles. The van der Waals surface area contributed by atoms with E-state index >= 15 is 0 Å². The third-order valence-corrected chi connectivity index (χ3v) is 5.98. The summed E-state index contributed by atoms with van der Waals surface area (Å²) in [6.45, 7) is 0.611. The Labute approximate surface area is 200 Å². The molecule has 0 amide bonds. The van der Waals surface area contributed by atoms with Crippen LogP contribution < -0.4 is 20.3 Å². The van der Waals surface area contributed by atoms with Crippen LogP contribution in [0, 0.1) is 0 Å². The molecular weight excluding hydrogens is 420 g/mol. The van der Waals surface area contributed by atoms with Crippen LogP contribution in [-0.2, 0) is 6.54 Å². The quantitative estimate of drug-likeness (QED) is 0.268. The van der Waals surface area contributed by atoms with Gasteiger partial charge in [0.2, 0.25) is 0 Å². The summed E-state index contributed by atoms with van der Waals surface area (Å²) >= 11 is 0. The van der Waals surface area contributed by atoms with Gasteiger partial charge in [0.1, 0.15) is 5.75 Å². The van der Waals surface area contributed by atoms with Crippen molar-refractivity contribution in [2.75, 3.05) is 36.7 Å². The SMILES string of the molecule is COc1ccc(NCc2cc(Nc3ccc(N(C)C)cc3)c3ccc4ccccc4c3n2)cc1. The summed E-state index contributed by atoms with van der Waals surface area (Å²) in [5, 5.41) is 10.5. The van der Waals surface area contributed by atoms with Crippen molar-refractivity contribution < 1.29 is 4.74 Å². The molecule has 0 radical (unpaired) electrons. The zero-order chi connectivity index (χ0) is 23.5. The molecule has 0 unspecified atom stereocenters. The minimum absolute atomic E-state index is 0.611. The standard InChI is InChI=1S/C29H28N4O/c1-33(2)24-13-9-22(10-14-24)31-28-18-23(19-30-21-11-15-25(34-3)16-12-21)32-29-26-7-5-4-6-20(26)8-17-27(28)29/h4-18,30H,19H2,1-3H3,(H,31,32). The predicted octanol–water partition coefficient (Wildman–Crippen LogP) is 6.82. The highest BCUT2D eigenvalue weighted by atomic mass is 16.5. The van der Waals surface area contributed by atoms with Crippen molar-refractivity contribution in [1.82, 2.24) is 4.98 Å². The molecule has 0 aliphatic carbocycles. The van der Waals surface area contributed by atoms with Crippen LogP contribution in [-0.4, -0.2) is 26.2 Å². The summed E-state index contributed by atoms with van der Waals surface area (Å²) < 4.78 is 5.26. The third-order valence-electron chi connectivity index (χ3n) is 5.98. The molecule has 2 N–H and O–H groups in total. The fourth-order valence-electron chi connectivity index (χ4n) is 4.11. The number of methoxy groups -OCH3 is 1. The van der Waals surface area contributed by atoms with Crippen LogP contribution in [0.3, 0.4) is 0 Å². The number of nitrogens with zero attached hydrogens (tertiary/aromatic N) is 2. The van der Waals surface area contributed by atoms with E-state index in [-0.39, 0.29) is 0 Å². The first-order valence-corrected chi connectivity index (χ1v) is 11.3. The molecule has 4 aromatic carbocycles. The molecule has 1 aromatic heterocycles. The van der Waals surface area contributed by atoms with Crippen molar-refractivity contribution in [3.8, 4) is 5.75 Å². The molecule has 0 aliphatic heterocycles. The number of hydrogen-bond donors (Lipinski definition) is 2. The average Bonchev–Trinajstić information content (AvgIpc) is 2.88. The van der Waals surface area contributed by atoms with Gasteiger partial charge in [-0.05, 0) is 60.0 Å². The van der Waals surface area contributed by atoms with Gasteiger partial charge in [0.05, 0.1) is 24.9 Å². The van der Waals surface area contributed by atoms with Crippen molar-refractivity contribution in [3.63, 3.8) is 0 Å². The normalized spacial score (nSPS) is 10.9. The molecule has 0 fully saturated rings. The maximum absolute atomic E-state index is 5.26. The second-order valence-corrected chi connectivity index (χ2v) is 8.49. The molecule has 5 heteroatoms. The van der Waals surface area contributed by atoms with E-state index in [2.05, 4.69) is 82.3 Å². The Kier molecular flexibility index (Phi) is 5.91. The molecule has 34 heavy (non-hydrogen) atoms. The highest BCUT2D eigenvalue weighted by molar-refractivity contribution is 6.09. The van der Waals surface area contributed by atoms with Crippen LogP contribution >= 0.6 is 0 Å². The van der Waals surface area contributed by atoms with Gasteiger partial charge in [0, 0.05) is 47.6 Å². The van der Waals surface area contributed by atoms with E-state index in [1.165, 1.54) is 11.1 Å². The second kappa shape index (κ2) is 9.32. The summed E-state index contributed by atoms with van der Waals surface area (Å²) in [5.74, 6) is 0.840. The van der Waals surface area contributed by atoms with Gasteiger partial charge in [0.25, 0.3) is 0 Å². The summed E-state index contributed by atoms with van der Waals surface area (Å²) in [4.78, 5) is 7.16. The maximum atomic E-state index is 5.26. The molecule has 0 saturated carbocycles. The number of benzene rings is 4. The van der Waals surface area contributed by atoms with Crippen LogP contribution in [0.5, 0.6) is 5.75 Å². The topological polar surface area (TPSA) is 49.4 Å². The van der Waals surface area contributed by atoms with E-state index in [0.717, 1.165) is 44.8 Å². The smallest absolute Gasteiger partial charge is 0.119 e. The van der Waals surface area contributed by atoms with Crippen LogP contribution in [0.25, 0.3) is 21.7 Å². The lowest BCUT2D eigenvalue weighted by Crippen LogP contribution is -2.08. The van der Waals surface area contributed by atoms with E-state index in [1.807, 2.05) is 38.4 Å². The Balaban J connectivity index is 1.53. The van der Waals surface area contributed by atoms with E-state index in [1.54, 1.807) is 7.11 Å². The highest BCUT2D eigenvalue weighted by Gasteiger charge is 2.10. The monoisotopic (exact) mass is 448 g/mol. The molecule has 170 valence electrons. The molecule has 5 rings (SSSR count). The summed E-state index contributed by atoms with van der Waals surface area (Å²) in [6, 6.07) is 31.2. The Hall–Kier alpha value is -4.25. The zero-order valence-electron chi connectivity index (χ0n) is 19.7. The molecule has 0 spiro atoms. The van der Waals surface area contributed by atoms with E-state index < -0.39 is 0 Å². The van der Waals surface area contributed by atoms with Gasteiger partial charge in [0.15, 0.2) is 0 Å². The van der Waals surface area contributed by atoms with Gasteiger partial charge in [-0.1, -0.05) is 36.4 Å². The molecule has 0 atom stereocenters. The molecule has 5 aromatic rings. The van der Waals surface area contributed by atoms with Gasteiger partial charge in [-0.3, -0.25) is 4.98 Å². The van der Waals surface area contributed by atoms with E-state index in [9.17, 15) is 0 Å². The lowest BCUT2D eigenvalue weighted by molar-refractivity contribution is 0.415. The summed E-state index contributed by atoms with van der Waals surface area (Å²) in [6.07, 6.45) is 0. The number of anilines is 4. The number of ether oxygens (including phenoxy) is 1. The van der Waals surface area contributed by atoms with Crippen LogP contribution in [0.4, 0.5) is 22.7 Å². The van der Waals surface area contributed by atoms with Crippen molar-refractivity contribution >= 4 is 44.4 Å². The number of pyridine rings is 1. The fraction of sp³-hybridized carbons (Fsp3) is 0.138. The first-order chi connectivity index (χ1) is 16.6. The van der Waals surface area contributed by atoms with Gasteiger partial charge in [-0.15, -0.1) is 0 Å². The first kappa shape index (κ1) is 21.6. The maximum Gasteiger partial charge on any atom is 0.119 e. The molecule has 5 nitrogen and oxygen atoms in total. The van der Waals surface area contributed by atoms with E-state index in [4.69, 9.17) is 9.72 Å². The van der Waals surface area contributed by atoms with Crippen molar-refractivity contribution in [2.45, 2.75) is 6.54 Å². The van der Waals surface area contributed by atoms with Crippen LogP contribution in [0.2, 0.25) is 0 Å². The number of nitrogens with one attached hydrogen (secondary N) is 2. The largest absolute Gasteiger partial charge is 0.497 e. The minimum atomic E-state index is 0.611. The van der Waals surface area contributed by atoms with Crippen molar-refractivity contribution in [3.05, 3.63) is 96.7 Å². The van der Waals surface area contributed by atoms with Crippen molar-refractivity contribution in [2.24, 2.45) is 0 Å². The minimum Gasteiger partial charge on any atom is -0.497 e. The number of rotatable bonds is 7. The molecule has 0 bridgehead atoms. The van der Waals surface area contributed by atoms with Gasteiger partial charge in [-0.25, -0.2) is 0 Å². The lowest BCUT2D eigenvalue weighted by Gasteiger charge is -2.16. The van der Waals surface area contributed by atoms with Crippen molar-refractivity contribution in [1.29, 1.82) is 0 Å². The van der Waals surface area contributed by atoms with Crippen LogP contribution in [0.1, 0.15) is 5.69 Å². The van der Waals surface area contributed by atoms with Gasteiger partial charge in [-0.2, -0.15) is 0 Å².